The van der Waals surface area contributed by atoms with Crippen molar-refractivity contribution in [3.63, 3.8) is 0 Å². The minimum Gasteiger partial charge on any atom is -0.311 e. The highest BCUT2D eigenvalue weighted by molar-refractivity contribution is 9.10. The van der Waals surface area contributed by atoms with Gasteiger partial charge in [0.2, 0.25) is 0 Å². The van der Waals surface area contributed by atoms with E-state index in [1.54, 1.807) is 0 Å². The molecule has 1 aromatic rings. The number of benzene rings is 1. The molecule has 0 aliphatic rings. The molecular weight excluding hydrogens is 276 g/mol. The largest absolute Gasteiger partial charge is 0.311 e. The Labute approximate surface area is 114 Å². The number of nitrogens with zero attached hydrogens (tertiary/aromatic N) is 1. The SMILES string of the molecule is Cc1ccc(CNCCN(C)C(C)C)c(Br)c1. The van der Waals surface area contributed by atoms with Crippen LogP contribution in [0.3, 0.4) is 0 Å². The second kappa shape index (κ2) is 7.14. The highest BCUT2D eigenvalue weighted by Gasteiger charge is 2.03. The fraction of sp³-hybridized carbons (Fsp3) is 0.571. The molecule has 0 aromatic heterocycles. The Hall–Kier alpha value is -0.380. The lowest BCUT2D eigenvalue weighted by Gasteiger charge is -2.21. The van der Waals surface area contributed by atoms with E-state index in [4.69, 9.17) is 0 Å². The Balaban J connectivity index is 2.31. The Morgan fingerprint density at radius 3 is 2.65 bits per heavy atom. The van der Waals surface area contributed by atoms with Crippen LogP contribution in [0.4, 0.5) is 0 Å². The summed E-state index contributed by atoms with van der Waals surface area (Å²) >= 11 is 3.60. The standard InChI is InChI=1S/C14H23BrN2/c1-11(2)17(4)8-7-16-10-13-6-5-12(3)9-14(13)15/h5-6,9,11,16H,7-8,10H2,1-4H3. The van der Waals surface area contributed by atoms with Gasteiger partial charge in [0.15, 0.2) is 0 Å². The summed E-state index contributed by atoms with van der Waals surface area (Å²) in [7, 11) is 2.16. The third-order valence-corrected chi connectivity index (χ3v) is 3.79. The molecule has 0 atom stereocenters. The molecule has 0 bridgehead atoms. The molecule has 3 heteroatoms. The van der Waals surface area contributed by atoms with E-state index in [2.05, 4.69) is 72.2 Å². The molecule has 17 heavy (non-hydrogen) atoms. The molecule has 0 heterocycles. The average Bonchev–Trinajstić information content (AvgIpc) is 2.26. The van der Waals surface area contributed by atoms with Crippen LogP contribution in [0.2, 0.25) is 0 Å². The van der Waals surface area contributed by atoms with Crippen LogP contribution in [-0.2, 0) is 6.54 Å². The van der Waals surface area contributed by atoms with E-state index >= 15 is 0 Å². The molecule has 0 fully saturated rings. The second-order valence-electron chi connectivity index (χ2n) is 4.85. The number of hydrogen-bond donors (Lipinski definition) is 1. The lowest BCUT2D eigenvalue weighted by Crippen LogP contribution is -2.33. The van der Waals surface area contributed by atoms with Gasteiger partial charge in [-0.2, -0.15) is 0 Å². The van der Waals surface area contributed by atoms with Crippen molar-refractivity contribution < 1.29 is 0 Å². The molecule has 0 saturated heterocycles. The normalized spacial score (nSPS) is 11.5. The van der Waals surface area contributed by atoms with E-state index in [0.29, 0.717) is 6.04 Å². The molecule has 0 saturated carbocycles. The number of likely N-dealkylation sites (N-methyl/N-ethyl adjacent to an activating group) is 1. The van der Waals surface area contributed by atoms with E-state index in [1.165, 1.54) is 15.6 Å². The minimum absolute atomic E-state index is 0.614. The summed E-state index contributed by atoms with van der Waals surface area (Å²) in [5, 5.41) is 3.48. The van der Waals surface area contributed by atoms with E-state index in [0.717, 1.165) is 19.6 Å². The third kappa shape index (κ3) is 5.19. The predicted molar refractivity (Wildman–Crippen MR) is 78.4 cm³/mol. The summed E-state index contributed by atoms with van der Waals surface area (Å²) in [5.41, 5.74) is 2.61. The molecule has 96 valence electrons. The minimum atomic E-state index is 0.614. The summed E-state index contributed by atoms with van der Waals surface area (Å²) in [6, 6.07) is 7.11. The van der Waals surface area contributed by atoms with Gasteiger partial charge in [-0.1, -0.05) is 28.1 Å². The number of halogens is 1. The lowest BCUT2D eigenvalue weighted by atomic mass is 10.1. The lowest BCUT2D eigenvalue weighted by molar-refractivity contribution is 0.273. The fourth-order valence-corrected chi connectivity index (χ4v) is 2.17. The van der Waals surface area contributed by atoms with Crippen LogP contribution < -0.4 is 5.32 Å². The maximum atomic E-state index is 3.60. The average molecular weight is 299 g/mol. The Kier molecular flexibility index (Phi) is 6.17. The van der Waals surface area contributed by atoms with Crippen molar-refractivity contribution in [1.82, 2.24) is 10.2 Å². The predicted octanol–water partition coefficient (Wildman–Crippen LogP) is 3.19. The summed E-state index contributed by atoms with van der Waals surface area (Å²) in [6.07, 6.45) is 0. The number of hydrogen-bond acceptors (Lipinski definition) is 2. The molecule has 0 amide bonds. The zero-order chi connectivity index (χ0) is 12.8. The first-order chi connectivity index (χ1) is 8.00. The molecule has 1 N–H and O–H groups in total. The first kappa shape index (κ1) is 14.7. The molecule has 0 spiro atoms. The summed E-state index contributed by atoms with van der Waals surface area (Å²) in [4.78, 5) is 2.34. The van der Waals surface area contributed by atoms with Gasteiger partial charge < -0.3 is 10.2 Å². The van der Waals surface area contributed by atoms with Crippen molar-refractivity contribution >= 4 is 15.9 Å². The third-order valence-electron chi connectivity index (χ3n) is 3.05. The summed E-state index contributed by atoms with van der Waals surface area (Å²) in [5.74, 6) is 0. The first-order valence-corrected chi connectivity index (χ1v) is 6.96. The Morgan fingerprint density at radius 1 is 1.35 bits per heavy atom. The van der Waals surface area contributed by atoms with Crippen molar-refractivity contribution in [2.75, 3.05) is 20.1 Å². The van der Waals surface area contributed by atoms with Gasteiger partial charge >= 0.3 is 0 Å². The van der Waals surface area contributed by atoms with Gasteiger partial charge in [-0.15, -0.1) is 0 Å². The van der Waals surface area contributed by atoms with Crippen LogP contribution in [0, 0.1) is 6.92 Å². The monoisotopic (exact) mass is 298 g/mol. The highest BCUT2D eigenvalue weighted by atomic mass is 79.9. The van der Waals surface area contributed by atoms with Gasteiger partial charge in [0.25, 0.3) is 0 Å². The zero-order valence-electron chi connectivity index (χ0n) is 11.3. The van der Waals surface area contributed by atoms with Crippen LogP contribution in [0.5, 0.6) is 0 Å². The van der Waals surface area contributed by atoms with Crippen LogP contribution in [0.25, 0.3) is 0 Å². The van der Waals surface area contributed by atoms with E-state index in [-0.39, 0.29) is 0 Å². The van der Waals surface area contributed by atoms with Crippen LogP contribution in [0.15, 0.2) is 22.7 Å². The number of aryl methyl sites for hydroxylation is 1. The second-order valence-corrected chi connectivity index (χ2v) is 5.70. The molecule has 0 unspecified atom stereocenters. The Bertz CT molecular complexity index is 350. The smallest absolute Gasteiger partial charge is 0.0222 e. The van der Waals surface area contributed by atoms with Gasteiger partial charge in [-0.25, -0.2) is 0 Å². The van der Waals surface area contributed by atoms with Crippen LogP contribution >= 0.6 is 15.9 Å². The fourth-order valence-electron chi connectivity index (χ4n) is 1.53. The van der Waals surface area contributed by atoms with Crippen molar-refractivity contribution in [3.05, 3.63) is 33.8 Å². The van der Waals surface area contributed by atoms with Gasteiger partial charge in [0, 0.05) is 30.1 Å². The van der Waals surface area contributed by atoms with Gasteiger partial charge in [-0.05, 0) is 45.0 Å². The van der Waals surface area contributed by atoms with Crippen LogP contribution in [0.1, 0.15) is 25.0 Å². The quantitative estimate of drug-likeness (QED) is 0.812. The molecule has 0 aliphatic carbocycles. The number of rotatable bonds is 6. The van der Waals surface area contributed by atoms with Gasteiger partial charge in [-0.3, -0.25) is 0 Å². The Morgan fingerprint density at radius 2 is 2.06 bits per heavy atom. The maximum absolute atomic E-state index is 3.60. The van der Waals surface area contributed by atoms with E-state index in [1.807, 2.05) is 0 Å². The van der Waals surface area contributed by atoms with Gasteiger partial charge in [0.05, 0.1) is 0 Å². The summed E-state index contributed by atoms with van der Waals surface area (Å²) in [6.45, 7) is 9.58. The van der Waals surface area contributed by atoms with Crippen molar-refractivity contribution in [2.24, 2.45) is 0 Å². The molecule has 2 nitrogen and oxygen atoms in total. The zero-order valence-corrected chi connectivity index (χ0v) is 12.8. The topological polar surface area (TPSA) is 15.3 Å². The summed E-state index contributed by atoms with van der Waals surface area (Å²) < 4.78 is 1.20. The van der Waals surface area contributed by atoms with Crippen molar-refractivity contribution in [2.45, 2.75) is 33.4 Å². The van der Waals surface area contributed by atoms with Crippen molar-refractivity contribution in [3.8, 4) is 0 Å². The highest BCUT2D eigenvalue weighted by Crippen LogP contribution is 2.17. The first-order valence-electron chi connectivity index (χ1n) is 6.16. The molecular formula is C14H23BrN2. The molecule has 1 aromatic carbocycles. The molecule has 0 aliphatic heterocycles. The molecule has 0 radical (unpaired) electrons. The van der Waals surface area contributed by atoms with E-state index < -0.39 is 0 Å². The number of nitrogens with one attached hydrogen (secondary N) is 1. The maximum Gasteiger partial charge on any atom is 0.0222 e. The van der Waals surface area contributed by atoms with Crippen molar-refractivity contribution in [1.29, 1.82) is 0 Å². The van der Waals surface area contributed by atoms with Crippen LogP contribution in [-0.4, -0.2) is 31.1 Å². The molecule has 1 rings (SSSR count). The van der Waals surface area contributed by atoms with E-state index in [9.17, 15) is 0 Å². The van der Waals surface area contributed by atoms with Gasteiger partial charge in [0.1, 0.15) is 0 Å².